The van der Waals surface area contributed by atoms with Gasteiger partial charge in [-0.3, -0.25) is 0 Å². The van der Waals surface area contributed by atoms with Gasteiger partial charge in [0.1, 0.15) is 28.9 Å². The van der Waals surface area contributed by atoms with Crippen LogP contribution in [0.5, 0.6) is 11.5 Å². The predicted octanol–water partition coefficient (Wildman–Crippen LogP) is 3.13. The number of ether oxygens (including phenoxy) is 2. The summed E-state index contributed by atoms with van der Waals surface area (Å²) in [7, 11) is 0. The maximum Gasteiger partial charge on any atom is 0.144 e. The zero-order chi connectivity index (χ0) is 15.1. The molecule has 2 N–H and O–H groups in total. The van der Waals surface area contributed by atoms with Crippen LogP contribution in [0.25, 0.3) is 0 Å². The second-order valence-electron chi connectivity index (χ2n) is 4.31. The molecule has 21 heavy (non-hydrogen) atoms. The summed E-state index contributed by atoms with van der Waals surface area (Å²) in [5.74, 6) is 0.293. The fraction of sp³-hybridized carbons (Fsp3) is 0.188. The van der Waals surface area contributed by atoms with E-state index in [-0.39, 0.29) is 11.3 Å². The minimum atomic E-state index is -0.580. The lowest BCUT2D eigenvalue weighted by Gasteiger charge is -2.10. The van der Waals surface area contributed by atoms with Gasteiger partial charge in [0.05, 0.1) is 18.9 Å². The van der Waals surface area contributed by atoms with Crippen LogP contribution in [0.2, 0.25) is 0 Å². The average molecular weight is 286 g/mol. The Balaban J connectivity index is 1.80. The lowest BCUT2D eigenvalue weighted by atomic mass is 10.2. The summed E-state index contributed by atoms with van der Waals surface area (Å²) < 4.78 is 24.3. The van der Waals surface area contributed by atoms with Crippen molar-refractivity contribution < 1.29 is 13.9 Å². The van der Waals surface area contributed by atoms with E-state index < -0.39 is 5.82 Å². The number of anilines is 1. The number of nitrogens with zero attached hydrogens (tertiary/aromatic N) is 1. The highest BCUT2D eigenvalue weighted by Crippen LogP contribution is 2.21. The fourth-order valence-electron chi connectivity index (χ4n) is 1.77. The number of nitrogens with two attached hydrogens (primary N) is 1. The zero-order valence-electron chi connectivity index (χ0n) is 11.4. The van der Waals surface area contributed by atoms with Crippen LogP contribution in [-0.2, 0) is 0 Å². The highest BCUT2D eigenvalue weighted by atomic mass is 19.1. The first-order valence-corrected chi connectivity index (χ1v) is 6.51. The molecule has 4 nitrogen and oxygen atoms in total. The Hall–Kier alpha value is -2.74. The smallest absolute Gasteiger partial charge is 0.144 e. The SMILES string of the molecule is N#Cc1c(F)cccc1OCCCOc1ccccc1N. The lowest BCUT2D eigenvalue weighted by Crippen LogP contribution is -2.07. The average Bonchev–Trinajstić information content (AvgIpc) is 2.49. The first kappa shape index (κ1) is 14.7. The molecule has 0 atom stereocenters. The predicted molar refractivity (Wildman–Crippen MR) is 77.6 cm³/mol. The number of rotatable bonds is 6. The number of hydrogen-bond acceptors (Lipinski definition) is 4. The van der Waals surface area contributed by atoms with E-state index in [4.69, 9.17) is 20.5 Å². The highest BCUT2D eigenvalue weighted by molar-refractivity contribution is 5.51. The summed E-state index contributed by atoms with van der Waals surface area (Å²) in [5, 5.41) is 8.87. The van der Waals surface area contributed by atoms with Crippen molar-refractivity contribution in [3.8, 4) is 17.6 Å². The van der Waals surface area contributed by atoms with Gasteiger partial charge in [-0.1, -0.05) is 18.2 Å². The maximum absolute atomic E-state index is 13.4. The summed E-state index contributed by atoms with van der Waals surface area (Å²) in [6.45, 7) is 0.746. The van der Waals surface area contributed by atoms with Gasteiger partial charge in [0, 0.05) is 6.42 Å². The van der Waals surface area contributed by atoms with E-state index in [1.54, 1.807) is 24.3 Å². The third-order valence-corrected chi connectivity index (χ3v) is 2.81. The van der Waals surface area contributed by atoms with E-state index in [0.29, 0.717) is 31.1 Å². The van der Waals surface area contributed by atoms with Gasteiger partial charge in [0.15, 0.2) is 0 Å². The molecule has 2 aromatic carbocycles. The van der Waals surface area contributed by atoms with E-state index >= 15 is 0 Å². The molecular formula is C16H15FN2O2. The molecule has 0 radical (unpaired) electrons. The number of halogens is 1. The molecule has 0 unspecified atom stereocenters. The van der Waals surface area contributed by atoms with Crippen LogP contribution in [-0.4, -0.2) is 13.2 Å². The molecule has 0 aromatic heterocycles. The van der Waals surface area contributed by atoms with Crippen molar-refractivity contribution in [3.05, 3.63) is 53.8 Å². The van der Waals surface area contributed by atoms with Crippen molar-refractivity contribution in [2.45, 2.75) is 6.42 Å². The molecule has 0 bridgehead atoms. The van der Waals surface area contributed by atoms with Gasteiger partial charge < -0.3 is 15.2 Å². The second kappa shape index (κ2) is 7.15. The van der Waals surface area contributed by atoms with Crippen molar-refractivity contribution in [3.63, 3.8) is 0 Å². The summed E-state index contributed by atoms with van der Waals surface area (Å²) in [4.78, 5) is 0. The van der Waals surface area contributed by atoms with Gasteiger partial charge in [0.25, 0.3) is 0 Å². The number of para-hydroxylation sites is 2. The van der Waals surface area contributed by atoms with Gasteiger partial charge in [-0.2, -0.15) is 5.26 Å². The van der Waals surface area contributed by atoms with Crippen LogP contribution in [0.15, 0.2) is 42.5 Å². The molecule has 2 aromatic rings. The molecule has 2 rings (SSSR count). The first-order valence-electron chi connectivity index (χ1n) is 6.51. The van der Waals surface area contributed by atoms with Crippen molar-refractivity contribution in [1.29, 1.82) is 5.26 Å². The minimum absolute atomic E-state index is 0.0780. The molecule has 108 valence electrons. The largest absolute Gasteiger partial charge is 0.492 e. The third-order valence-electron chi connectivity index (χ3n) is 2.81. The molecule has 0 spiro atoms. The zero-order valence-corrected chi connectivity index (χ0v) is 11.4. The van der Waals surface area contributed by atoms with Crippen LogP contribution in [0.4, 0.5) is 10.1 Å². The quantitative estimate of drug-likeness (QED) is 0.654. The molecular weight excluding hydrogens is 271 g/mol. The molecule has 0 saturated carbocycles. The molecule has 0 aliphatic carbocycles. The molecule has 0 aliphatic heterocycles. The van der Waals surface area contributed by atoms with E-state index in [2.05, 4.69) is 0 Å². The Morgan fingerprint density at radius 1 is 1.00 bits per heavy atom. The first-order chi connectivity index (χ1) is 10.2. The summed E-state index contributed by atoms with van der Waals surface area (Å²) >= 11 is 0. The number of hydrogen-bond donors (Lipinski definition) is 1. The number of nitriles is 1. The standard InChI is InChI=1S/C16H15FN2O2/c17-13-5-3-8-15(12(13)11-18)20-9-4-10-21-16-7-2-1-6-14(16)19/h1-3,5-8H,4,9-10,19H2. The van der Waals surface area contributed by atoms with Gasteiger partial charge >= 0.3 is 0 Å². The maximum atomic E-state index is 13.4. The van der Waals surface area contributed by atoms with Crippen LogP contribution >= 0.6 is 0 Å². The van der Waals surface area contributed by atoms with Gasteiger partial charge in [0.2, 0.25) is 0 Å². The molecule has 0 heterocycles. The van der Waals surface area contributed by atoms with Crippen molar-refractivity contribution in [2.24, 2.45) is 0 Å². The third kappa shape index (κ3) is 3.86. The minimum Gasteiger partial charge on any atom is -0.492 e. The van der Waals surface area contributed by atoms with Crippen molar-refractivity contribution in [1.82, 2.24) is 0 Å². The monoisotopic (exact) mass is 286 g/mol. The van der Waals surface area contributed by atoms with E-state index in [1.807, 2.05) is 12.1 Å². The number of nitrogen functional groups attached to an aromatic ring is 1. The number of benzene rings is 2. The second-order valence-corrected chi connectivity index (χ2v) is 4.31. The fourth-order valence-corrected chi connectivity index (χ4v) is 1.77. The Labute approximate surface area is 122 Å². The van der Waals surface area contributed by atoms with Crippen molar-refractivity contribution in [2.75, 3.05) is 18.9 Å². The molecule has 0 saturated heterocycles. The van der Waals surface area contributed by atoms with Gasteiger partial charge in [-0.15, -0.1) is 0 Å². The Morgan fingerprint density at radius 3 is 2.38 bits per heavy atom. The lowest BCUT2D eigenvalue weighted by molar-refractivity contribution is 0.247. The van der Waals surface area contributed by atoms with E-state index in [0.717, 1.165) is 0 Å². The molecule has 0 aliphatic rings. The summed E-state index contributed by atoms with van der Waals surface area (Å²) in [5.41, 5.74) is 6.25. The Bertz CT molecular complexity index is 653. The summed E-state index contributed by atoms with van der Waals surface area (Å²) in [6.07, 6.45) is 0.593. The van der Waals surface area contributed by atoms with E-state index in [1.165, 1.54) is 12.1 Å². The summed E-state index contributed by atoms with van der Waals surface area (Å²) in [6, 6.07) is 13.3. The van der Waals surface area contributed by atoms with Crippen LogP contribution in [0.1, 0.15) is 12.0 Å². The topological polar surface area (TPSA) is 68.3 Å². The van der Waals surface area contributed by atoms with Crippen LogP contribution in [0.3, 0.4) is 0 Å². The van der Waals surface area contributed by atoms with Crippen LogP contribution < -0.4 is 15.2 Å². The van der Waals surface area contributed by atoms with E-state index in [9.17, 15) is 4.39 Å². The van der Waals surface area contributed by atoms with Gasteiger partial charge in [-0.25, -0.2) is 4.39 Å². The Kier molecular flexibility index (Phi) is 4.99. The highest BCUT2D eigenvalue weighted by Gasteiger charge is 2.08. The van der Waals surface area contributed by atoms with Gasteiger partial charge in [-0.05, 0) is 24.3 Å². The molecule has 0 amide bonds. The van der Waals surface area contributed by atoms with Crippen molar-refractivity contribution >= 4 is 5.69 Å². The Morgan fingerprint density at radius 2 is 1.67 bits per heavy atom. The molecule has 0 fully saturated rings. The van der Waals surface area contributed by atoms with Crippen LogP contribution in [0, 0.1) is 17.1 Å². The normalized spacial score (nSPS) is 9.90. The molecule has 5 heteroatoms.